The molecule has 1 rings (SSSR count). The summed E-state index contributed by atoms with van der Waals surface area (Å²) in [5.74, 6) is 0.613. The molecule has 0 aliphatic heterocycles. The van der Waals surface area contributed by atoms with Gasteiger partial charge >= 0.3 is 0 Å². The summed E-state index contributed by atoms with van der Waals surface area (Å²) < 4.78 is 27.4. The Kier molecular flexibility index (Phi) is 4.03. The molecular weight excluding hydrogens is 230 g/mol. The van der Waals surface area contributed by atoms with Gasteiger partial charge in [0.1, 0.15) is 5.25 Å². The van der Waals surface area contributed by atoms with Gasteiger partial charge in [-0.2, -0.15) is 4.98 Å². The molecule has 0 aromatic carbocycles. The topological polar surface area (TPSA) is 85.1 Å². The van der Waals surface area contributed by atoms with Gasteiger partial charge in [-0.25, -0.2) is 8.42 Å². The lowest BCUT2D eigenvalue weighted by atomic mass is 10.4. The van der Waals surface area contributed by atoms with Gasteiger partial charge in [0, 0.05) is 12.3 Å². The van der Waals surface area contributed by atoms with Crippen LogP contribution in [0.4, 0.5) is 0 Å². The molecule has 1 N–H and O–H groups in total. The summed E-state index contributed by atoms with van der Waals surface area (Å²) in [5.41, 5.74) is 0. The van der Waals surface area contributed by atoms with Crippen LogP contribution < -0.4 is 5.32 Å². The molecule has 0 aliphatic rings. The van der Waals surface area contributed by atoms with Crippen LogP contribution in [0.5, 0.6) is 0 Å². The Morgan fingerprint density at radius 2 is 2.00 bits per heavy atom. The number of hydrogen-bond acceptors (Lipinski definition) is 6. The van der Waals surface area contributed by atoms with Crippen molar-refractivity contribution < 1.29 is 12.9 Å². The molecule has 0 amide bonds. The molecule has 0 saturated heterocycles. The first kappa shape index (κ1) is 13.1. The minimum Gasteiger partial charge on any atom is -0.338 e. The molecule has 1 heterocycles. The van der Waals surface area contributed by atoms with Crippen LogP contribution in [-0.2, 0) is 16.4 Å². The van der Waals surface area contributed by atoms with Crippen LogP contribution in [0.25, 0.3) is 0 Å². The van der Waals surface area contributed by atoms with E-state index in [2.05, 4.69) is 15.5 Å². The Balaban J connectivity index is 2.72. The van der Waals surface area contributed by atoms with Crippen molar-refractivity contribution in [1.82, 2.24) is 15.5 Å². The first-order valence-electron chi connectivity index (χ1n) is 5.05. The summed E-state index contributed by atoms with van der Waals surface area (Å²) >= 11 is 0. The molecule has 1 unspecified atom stereocenters. The van der Waals surface area contributed by atoms with Gasteiger partial charge in [-0.05, 0) is 6.92 Å². The van der Waals surface area contributed by atoms with Gasteiger partial charge in [0.2, 0.25) is 5.89 Å². The predicted molar refractivity (Wildman–Crippen MR) is 59.5 cm³/mol. The molecule has 1 aromatic rings. The maximum absolute atomic E-state index is 11.3. The molecular formula is C9H17N3O3S. The Morgan fingerprint density at radius 1 is 1.38 bits per heavy atom. The van der Waals surface area contributed by atoms with Crippen LogP contribution in [0.1, 0.15) is 37.7 Å². The molecule has 6 nitrogen and oxygen atoms in total. The van der Waals surface area contributed by atoms with Crippen LogP contribution in [0.3, 0.4) is 0 Å². The summed E-state index contributed by atoms with van der Waals surface area (Å²) in [6, 6.07) is 0.314. The quantitative estimate of drug-likeness (QED) is 0.823. The first-order valence-corrected chi connectivity index (χ1v) is 7.01. The smallest absolute Gasteiger partial charge is 0.244 e. The van der Waals surface area contributed by atoms with E-state index in [9.17, 15) is 8.42 Å². The SMILES string of the molecule is CC(C)NCc1noc(C(C)S(C)(=O)=O)n1. The monoisotopic (exact) mass is 247 g/mol. The van der Waals surface area contributed by atoms with Gasteiger partial charge in [0.25, 0.3) is 0 Å². The highest BCUT2D eigenvalue weighted by Gasteiger charge is 2.23. The Morgan fingerprint density at radius 3 is 2.50 bits per heavy atom. The van der Waals surface area contributed by atoms with Gasteiger partial charge in [-0.1, -0.05) is 19.0 Å². The zero-order valence-corrected chi connectivity index (χ0v) is 10.7. The number of nitrogens with zero attached hydrogens (tertiary/aromatic N) is 2. The second-order valence-corrected chi connectivity index (χ2v) is 6.42. The van der Waals surface area contributed by atoms with E-state index in [1.54, 1.807) is 0 Å². The number of aromatic nitrogens is 2. The number of sulfone groups is 1. The maximum atomic E-state index is 11.3. The molecule has 7 heteroatoms. The van der Waals surface area contributed by atoms with Crippen molar-refractivity contribution in [2.45, 2.75) is 38.6 Å². The van der Waals surface area contributed by atoms with Crippen molar-refractivity contribution in [3.8, 4) is 0 Å². The third kappa shape index (κ3) is 3.57. The van der Waals surface area contributed by atoms with Crippen molar-refractivity contribution in [1.29, 1.82) is 0 Å². The normalized spacial score (nSPS) is 14.3. The highest BCUT2D eigenvalue weighted by molar-refractivity contribution is 7.90. The minimum atomic E-state index is -3.19. The fourth-order valence-corrected chi connectivity index (χ4v) is 1.44. The van der Waals surface area contributed by atoms with Crippen LogP contribution in [0.15, 0.2) is 4.52 Å². The van der Waals surface area contributed by atoms with Crippen molar-refractivity contribution in [2.24, 2.45) is 0 Å². The average Bonchev–Trinajstić information content (AvgIpc) is 2.60. The molecule has 0 bridgehead atoms. The number of hydrogen-bond donors (Lipinski definition) is 1. The van der Waals surface area contributed by atoms with E-state index in [0.717, 1.165) is 6.26 Å². The number of nitrogens with one attached hydrogen (secondary N) is 1. The summed E-state index contributed by atoms with van der Waals surface area (Å²) in [6.07, 6.45) is 1.15. The molecule has 92 valence electrons. The van der Waals surface area contributed by atoms with E-state index in [4.69, 9.17) is 4.52 Å². The molecule has 0 aliphatic carbocycles. The standard InChI is InChI=1S/C9H17N3O3S/c1-6(2)10-5-8-11-9(15-12-8)7(3)16(4,13)14/h6-7,10H,5H2,1-4H3. The third-order valence-corrected chi connectivity index (χ3v) is 3.63. The summed E-state index contributed by atoms with van der Waals surface area (Å²) in [5, 5.41) is 6.07. The van der Waals surface area contributed by atoms with E-state index < -0.39 is 15.1 Å². The molecule has 0 saturated carbocycles. The van der Waals surface area contributed by atoms with Gasteiger partial charge in [-0.3, -0.25) is 0 Å². The Labute approximate surface area is 95.3 Å². The summed E-state index contributed by atoms with van der Waals surface area (Å²) in [4.78, 5) is 4.03. The van der Waals surface area contributed by atoms with E-state index in [-0.39, 0.29) is 5.89 Å². The van der Waals surface area contributed by atoms with Crippen molar-refractivity contribution in [3.05, 3.63) is 11.7 Å². The van der Waals surface area contributed by atoms with Gasteiger partial charge < -0.3 is 9.84 Å². The molecule has 16 heavy (non-hydrogen) atoms. The van der Waals surface area contributed by atoms with Crippen LogP contribution >= 0.6 is 0 Å². The zero-order valence-electron chi connectivity index (χ0n) is 9.89. The molecule has 0 radical (unpaired) electrons. The summed E-state index contributed by atoms with van der Waals surface area (Å²) in [6.45, 7) is 6.00. The van der Waals surface area contributed by atoms with Crippen LogP contribution in [-0.4, -0.2) is 30.9 Å². The fourth-order valence-electron chi connectivity index (χ4n) is 0.983. The Bertz CT molecular complexity index is 439. The van der Waals surface area contributed by atoms with E-state index in [1.165, 1.54) is 6.92 Å². The Hall–Kier alpha value is -0.950. The first-order chi connectivity index (χ1) is 7.30. The van der Waals surface area contributed by atoms with Crippen LogP contribution in [0, 0.1) is 0 Å². The maximum Gasteiger partial charge on any atom is 0.244 e. The second-order valence-electron chi connectivity index (χ2n) is 4.06. The van der Waals surface area contributed by atoms with Gasteiger partial charge in [0.05, 0.1) is 6.54 Å². The third-order valence-electron chi connectivity index (χ3n) is 2.14. The van der Waals surface area contributed by atoms with E-state index in [1.807, 2.05) is 13.8 Å². The van der Waals surface area contributed by atoms with Gasteiger partial charge in [0.15, 0.2) is 15.7 Å². The molecule has 0 fully saturated rings. The molecule has 1 aromatic heterocycles. The predicted octanol–water partition coefficient (Wildman–Crippen LogP) is 0.673. The lowest BCUT2D eigenvalue weighted by Gasteiger charge is -2.03. The van der Waals surface area contributed by atoms with Crippen molar-refractivity contribution in [3.63, 3.8) is 0 Å². The number of rotatable bonds is 5. The molecule has 0 spiro atoms. The van der Waals surface area contributed by atoms with E-state index >= 15 is 0 Å². The minimum absolute atomic E-state index is 0.142. The van der Waals surface area contributed by atoms with Crippen molar-refractivity contribution >= 4 is 9.84 Å². The average molecular weight is 247 g/mol. The highest BCUT2D eigenvalue weighted by atomic mass is 32.2. The lowest BCUT2D eigenvalue weighted by molar-refractivity contribution is 0.369. The molecule has 1 atom stereocenters. The fraction of sp³-hybridized carbons (Fsp3) is 0.778. The highest BCUT2D eigenvalue weighted by Crippen LogP contribution is 2.18. The van der Waals surface area contributed by atoms with Crippen molar-refractivity contribution in [2.75, 3.05) is 6.26 Å². The van der Waals surface area contributed by atoms with Crippen LogP contribution in [0.2, 0.25) is 0 Å². The van der Waals surface area contributed by atoms with Gasteiger partial charge in [-0.15, -0.1) is 0 Å². The second kappa shape index (κ2) is 4.92. The van der Waals surface area contributed by atoms with E-state index in [0.29, 0.717) is 18.4 Å². The largest absolute Gasteiger partial charge is 0.338 e. The zero-order chi connectivity index (χ0) is 12.3. The summed E-state index contributed by atoms with van der Waals surface area (Å²) in [7, 11) is -3.19. The lowest BCUT2D eigenvalue weighted by Crippen LogP contribution is -2.22.